The van der Waals surface area contributed by atoms with E-state index in [1.807, 2.05) is 57.2 Å². The van der Waals surface area contributed by atoms with E-state index in [1.165, 1.54) is 11.1 Å². The fourth-order valence-corrected chi connectivity index (χ4v) is 2.83. The fraction of sp³-hybridized carbons (Fsp3) is 0.227. The van der Waals surface area contributed by atoms with Crippen molar-refractivity contribution in [1.29, 1.82) is 0 Å². The van der Waals surface area contributed by atoms with E-state index in [2.05, 4.69) is 33.6 Å². The first-order chi connectivity index (χ1) is 13.0. The van der Waals surface area contributed by atoms with Gasteiger partial charge in [-0.15, -0.1) is 0 Å². The standard InChI is InChI=1S/C22H24N4O/c1-5-17-8-6-7-9-19(17)25-22-23-16(4)13-20(26-22)21(27)24-18-11-10-14(2)15(3)12-18/h6-13H,5H2,1-4H3,(H,24,27)(H,23,25,26). The molecule has 0 aliphatic rings. The lowest BCUT2D eigenvalue weighted by Gasteiger charge is -2.12. The summed E-state index contributed by atoms with van der Waals surface area (Å²) in [5, 5.41) is 6.15. The van der Waals surface area contributed by atoms with Crippen LogP contribution in [0.3, 0.4) is 0 Å². The van der Waals surface area contributed by atoms with E-state index < -0.39 is 0 Å². The van der Waals surface area contributed by atoms with E-state index in [0.717, 1.165) is 29.1 Å². The van der Waals surface area contributed by atoms with Crippen molar-refractivity contribution in [3.05, 3.63) is 76.6 Å². The number of para-hydroxylation sites is 1. The molecule has 1 heterocycles. The predicted molar refractivity (Wildman–Crippen MR) is 110 cm³/mol. The minimum atomic E-state index is -0.254. The van der Waals surface area contributed by atoms with Gasteiger partial charge in [0.2, 0.25) is 5.95 Å². The maximum absolute atomic E-state index is 12.7. The minimum absolute atomic E-state index is 0.254. The highest BCUT2D eigenvalue weighted by Gasteiger charge is 2.12. The van der Waals surface area contributed by atoms with Crippen LogP contribution >= 0.6 is 0 Å². The van der Waals surface area contributed by atoms with Crippen molar-refractivity contribution in [2.45, 2.75) is 34.1 Å². The monoisotopic (exact) mass is 360 g/mol. The Hall–Kier alpha value is -3.21. The van der Waals surface area contributed by atoms with Gasteiger partial charge in [-0.1, -0.05) is 31.2 Å². The molecule has 0 bridgehead atoms. The first-order valence-corrected chi connectivity index (χ1v) is 9.05. The Labute approximate surface area is 159 Å². The van der Waals surface area contributed by atoms with Crippen LogP contribution < -0.4 is 10.6 Å². The first-order valence-electron chi connectivity index (χ1n) is 9.05. The predicted octanol–water partition coefficient (Wildman–Crippen LogP) is 4.96. The van der Waals surface area contributed by atoms with Crippen LogP contribution in [0.5, 0.6) is 0 Å². The van der Waals surface area contributed by atoms with Crippen LogP contribution in [0.1, 0.15) is 39.8 Å². The average Bonchev–Trinajstić information content (AvgIpc) is 2.64. The summed E-state index contributed by atoms with van der Waals surface area (Å²) >= 11 is 0. The summed E-state index contributed by atoms with van der Waals surface area (Å²) in [6.07, 6.45) is 0.898. The van der Waals surface area contributed by atoms with Gasteiger partial charge in [0, 0.05) is 17.1 Å². The molecule has 0 atom stereocenters. The van der Waals surface area contributed by atoms with Gasteiger partial charge in [0.05, 0.1) is 0 Å². The Morgan fingerprint density at radius 2 is 1.74 bits per heavy atom. The molecule has 2 N–H and O–H groups in total. The second kappa shape index (κ2) is 7.99. The summed E-state index contributed by atoms with van der Waals surface area (Å²) in [6.45, 7) is 8.01. The smallest absolute Gasteiger partial charge is 0.274 e. The van der Waals surface area contributed by atoms with Crippen LogP contribution in [-0.2, 0) is 6.42 Å². The number of anilines is 3. The van der Waals surface area contributed by atoms with Gasteiger partial charge in [-0.2, -0.15) is 0 Å². The second-order valence-corrected chi connectivity index (χ2v) is 6.61. The molecule has 2 aromatic carbocycles. The van der Waals surface area contributed by atoms with Crippen LogP contribution in [0, 0.1) is 20.8 Å². The topological polar surface area (TPSA) is 66.9 Å². The van der Waals surface area contributed by atoms with Crippen LogP contribution in [0.25, 0.3) is 0 Å². The summed E-state index contributed by atoms with van der Waals surface area (Å²) in [7, 11) is 0. The summed E-state index contributed by atoms with van der Waals surface area (Å²) < 4.78 is 0. The second-order valence-electron chi connectivity index (χ2n) is 6.61. The molecule has 0 saturated heterocycles. The molecule has 0 radical (unpaired) electrons. The Morgan fingerprint density at radius 1 is 0.963 bits per heavy atom. The SMILES string of the molecule is CCc1ccccc1Nc1nc(C)cc(C(=O)Nc2ccc(C)c(C)c2)n1. The number of carbonyl (C=O) groups is 1. The number of carbonyl (C=O) groups excluding carboxylic acids is 1. The largest absolute Gasteiger partial charge is 0.324 e. The van der Waals surface area contributed by atoms with E-state index in [1.54, 1.807) is 6.07 Å². The normalized spacial score (nSPS) is 10.5. The van der Waals surface area contributed by atoms with Gasteiger partial charge in [-0.05, 0) is 68.1 Å². The first kappa shape index (κ1) is 18.6. The van der Waals surface area contributed by atoms with Gasteiger partial charge in [0.25, 0.3) is 5.91 Å². The molecule has 3 rings (SSSR count). The van der Waals surface area contributed by atoms with Crippen LogP contribution in [0.15, 0.2) is 48.5 Å². The van der Waals surface area contributed by atoms with Crippen molar-refractivity contribution in [2.24, 2.45) is 0 Å². The third-order valence-electron chi connectivity index (χ3n) is 4.50. The molecule has 5 nitrogen and oxygen atoms in total. The molecule has 0 aliphatic carbocycles. The zero-order valence-corrected chi connectivity index (χ0v) is 16.1. The highest BCUT2D eigenvalue weighted by Crippen LogP contribution is 2.20. The van der Waals surface area contributed by atoms with Gasteiger partial charge in [0.15, 0.2) is 0 Å². The number of rotatable bonds is 5. The quantitative estimate of drug-likeness (QED) is 0.675. The van der Waals surface area contributed by atoms with Crippen molar-refractivity contribution in [1.82, 2.24) is 9.97 Å². The number of aryl methyl sites for hydroxylation is 4. The number of hydrogen-bond donors (Lipinski definition) is 2. The third-order valence-corrected chi connectivity index (χ3v) is 4.50. The van der Waals surface area contributed by atoms with Crippen LogP contribution in [0.2, 0.25) is 0 Å². The molecule has 1 amide bonds. The van der Waals surface area contributed by atoms with Gasteiger partial charge in [-0.25, -0.2) is 9.97 Å². The lowest BCUT2D eigenvalue weighted by atomic mass is 10.1. The van der Waals surface area contributed by atoms with E-state index in [4.69, 9.17) is 0 Å². The molecule has 0 spiro atoms. The van der Waals surface area contributed by atoms with E-state index in [0.29, 0.717) is 11.6 Å². The van der Waals surface area contributed by atoms with Gasteiger partial charge in [0.1, 0.15) is 5.69 Å². The van der Waals surface area contributed by atoms with Crippen molar-refractivity contribution in [3.8, 4) is 0 Å². The highest BCUT2D eigenvalue weighted by atomic mass is 16.1. The molecule has 3 aromatic rings. The number of benzene rings is 2. The van der Waals surface area contributed by atoms with Crippen LogP contribution in [-0.4, -0.2) is 15.9 Å². The molecular formula is C22H24N4O. The molecule has 0 aliphatic heterocycles. The number of aromatic nitrogens is 2. The Kier molecular flexibility index (Phi) is 5.50. The lowest BCUT2D eigenvalue weighted by molar-refractivity contribution is 0.102. The molecule has 5 heteroatoms. The average molecular weight is 360 g/mol. The van der Waals surface area contributed by atoms with Gasteiger partial charge < -0.3 is 10.6 Å². The minimum Gasteiger partial charge on any atom is -0.324 e. The molecule has 0 fully saturated rings. The maximum atomic E-state index is 12.7. The zero-order valence-electron chi connectivity index (χ0n) is 16.1. The van der Waals surface area contributed by atoms with E-state index >= 15 is 0 Å². The Morgan fingerprint density at radius 3 is 2.48 bits per heavy atom. The van der Waals surface area contributed by atoms with Crippen molar-refractivity contribution >= 4 is 23.2 Å². The summed E-state index contributed by atoms with van der Waals surface area (Å²) in [5.74, 6) is 0.164. The number of amides is 1. The zero-order chi connectivity index (χ0) is 19.4. The Balaban J connectivity index is 1.84. The maximum Gasteiger partial charge on any atom is 0.274 e. The summed E-state index contributed by atoms with van der Waals surface area (Å²) in [5.41, 5.74) is 6.25. The lowest BCUT2D eigenvalue weighted by Crippen LogP contribution is -2.15. The summed E-state index contributed by atoms with van der Waals surface area (Å²) in [4.78, 5) is 21.5. The summed E-state index contributed by atoms with van der Waals surface area (Å²) in [6, 6.07) is 15.5. The molecule has 1 aromatic heterocycles. The van der Waals surface area contributed by atoms with Crippen LogP contribution in [0.4, 0.5) is 17.3 Å². The van der Waals surface area contributed by atoms with Crippen molar-refractivity contribution in [3.63, 3.8) is 0 Å². The molecule has 138 valence electrons. The highest BCUT2D eigenvalue weighted by molar-refractivity contribution is 6.03. The molecule has 27 heavy (non-hydrogen) atoms. The molecule has 0 unspecified atom stereocenters. The fourth-order valence-electron chi connectivity index (χ4n) is 2.83. The molecule has 0 saturated carbocycles. The third kappa shape index (κ3) is 4.50. The number of hydrogen-bond acceptors (Lipinski definition) is 4. The number of nitrogens with zero attached hydrogens (tertiary/aromatic N) is 2. The molecular weight excluding hydrogens is 336 g/mol. The van der Waals surface area contributed by atoms with E-state index in [-0.39, 0.29) is 5.91 Å². The number of nitrogens with one attached hydrogen (secondary N) is 2. The van der Waals surface area contributed by atoms with Gasteiger partial charge >= 0.3 is 0 Å². The van der Waals surface area contributed by atoms with E-state index in [9.17, 15) is 4.79 Å². The van der Waals surface area contributed by atoms with Crippen molar-refractivity contribution < 1.29 is 4.79 Å². The van der Waals surface area contributed by atoms with Crippen molar-refractivity contribution in [2.75, 3.05) is 10.6 Å². The Bertz CT molecular complexity index is 982. The van der Waals surface area contributed by atoms with Gasteiger partial charge in [-0.3, -0.25) is 4.79 Å².